The molecule has 160 valence electrons. The quantitative estimate of drug-likeness (QED) is 0.607. The Balaban J connectivity index is 1.54. The van der Waals surface area contributed by atoms with Gasteiger partial charge in [0.15, 0.2) is 11.6 Å². The summed E-state index contributed by atoms with van der Waals surface area (Å²) in [7, 11) is 0. The minimum absolute atomic E-state index is 0.0294. The average Bonchev–Trinajstić information content (AvgIpc) is 2.79. The van der Waals surface area contributed by atoms with Crippen LogP contribution in [0.5, 0.6) is 5.88 Å². The minimum atomic E-state index is -0.197. The van der Waals surface area contributed by atoms with Crippen molar-refractivity contribution in [3.63, 3.8) is 0 Å². The largest absolute Gasteiger partial charge is 0.475 e. The lowest BCUT2D eigenvalue weighted by atomic mass is 9.97. The highest BCUT2D eigenvalue weighted by Gasteiger charge is 2.29. The van der Waals surface area contributed by atoms with Crippen LogP contribution < -0.4 is 15.0 Å². The molecule has 1 aliphatic rings. The van der Waals surface area contributed by atoms with E-state index < -0.39 is 0 Å². The van der Waals surface area contributed by atoms with Crippen LogP contribution in [0.4, 0.5) is 11.5 Å². The molecule has 1 unspecified atom stereocenters. The number of hydrogen-bond acceptors (Lipinski definition) is 6. The van der Waals surface area contributed by atoms with Gasteiger partial charge in [-0.3, -0.25) is 9.59 Å². The van der Waals surface area contributed by atoms with Gasteiger partial charge in [0.25, 0.3) is 5.88 Å². The first kappa shape index (κ1) is 20.8. The van der Waals surface area contributed by atoms with Gasteiger partial charge in [0.05, 0.1) is 23.6 Å². The number of Topliss-reactive ketones (excluding diaryl/α,β-unsaturated/α-hetero) is 1. The van der Waals surface area contributed by atoms with Gasteiger partial charge < -0.3 is 15.0 Å². The van der Waals surface area contributed by atoms with Gasteiger partial charge in [0, 0.05) is 24.3 Å². The highest BCUT2D eigenvalue weighted by molar-refractivity contribution is 5.97. The second-order valence-electron chi connectivity index (χ2n) is 7.69. The number of amides is 1. The number of nitrogens with zero attached hydrogens (tertiary/aromatic N) is 3. The normalized spacial score (nSPS) is 16.2. The van der Waals surface area contributed by atoms with Gasteiger partial charge in [-0.25, -0.2) is 9.97 Å². The van der Waals surface area contributed by atoms with Gasteiger partial charge in [-0.05, 0) is 51.0 Å². The number of nitrogens with one attached hydrogen (secondary N) is 1. The van der Waals surface area contributed by atoms with Crippen LogP contribution in [0.1, 0.15) is 37.0 Å². The SMILES string of the molecule is CCOc1nc2ccccc2nc1N1CCCC(C(=O)Nc2cccc(C(C)=O)c2)C1. The van der Waals surface area contributed by atoms with E-state index in [2.05, 4.69) is 15.2 Å². The Morgan fingerprint density at radius 1 is 1.13 bits per heavy atom. The molecule has 1 aromatic heterocycles. The van der Waals surface area contributed by atoms with E-state index in [4.69, 9.17) is 9.72 Å². The fourth-order valence-electron chi connectivity index (χ4n) is 3.86. The summed E-state index contributed by atoms with van der Waals surface area (Å²) in [6.07, 6.45) is 1.66. The third-order valence-electron chi connectivity index (χ3n) is 5.43. The van der Waals surface area contributed by atoms with Crippen LogP contribution in [0.2, 0.25) is 0 Å². The van der Waals surface area contributed by atoms with E-state index in [9.17, 15) is 9.59 Å². The summed E-state index contributed by atoms with van der Waals surface area (Å²) in [5.41, 5.74) is 2.80. The first-order chi connectivity index (χ1) is 15.0. The van der Waals surface area contributed by atoms with Crippen molar-refractivity contribution < 1.29 is 14.3 Å². The van der Waals surface area contributed by atoms with Crippen LogP contribution in [-0.2, 0) is 4.79 Å². The van der Waals surface area contributed by atoms with Crippen molar-refractivity contribution in [2.45, 2.75) is 26.7 Å². The van der Waals surface area contributed by atoms with E-state index in [-0.39, 0.29) is 17.6 Å². The third-order valence-corrected chi connectivity index (χ3v) is 5.43. The molecule has 2 aromatic carbocycles. The Morgan fingerprint density at radius 2 is 1.90 bits per heavy atom. The lowest BCUT2D eigenvalue weighted by molar-refractivity contribution is -0.120. The molecule has 0 spiro atoms. The molecule has 31 heavy (non-hydrogen) atoms. The van der Waals surface area contributed by atoms with E-state index in [1.807, 2.05) is 31.2 Å². The monoisotopic (exact) mass is 418 g/mol. The smallest absolute Gasteiger partial charge is 0.258 e. The van der Waals surface area contributed by atoms with Crippen molar-refractivity contribution >= 4 is 34.2 Å². The highest BCUT2D eigenvalue weighted by Crippen LogP contribution is 2.31. The zero-order valence-corrected chi connectivity index (χ0v) is 17.8. The number of carbonyl (C=O) groups is 2. The topological polar surface area (TPSA) is 84.4 Å². The molecule has 2 heterocycles. The number of piperidine rings is 1. The van der Waals surface area contributed by atoms with Gasteiger partial charge in [-0.15, -0.1) is 0 Å². The number of hydrogen-bond donors (Lipinski definition) is 1. The molecule has 1 amide bonds. The van der Waals surface area contributed by atoms with Crippen molar-refractivity contribution in [1.82, 2.24) is 9.97 Å². The number of carbonyl (C=O) groups excluding carboxylic acids is 2. The number of benzene rings is 2. The fraction of sp³-hybridized carbons (Fsp3) is 0.333. The number of ketones is 1. The number of fused-ring (bicyclic) bond motifs is 1. The summed E-state index contributed by atoms with van der Waals surface area (Å²) in [4.78, 5) is 36.1. The molecule has 4 rings (SSSR count). The van der Waals surface area contributed by atoms with Crippen molar-refractivity contribution in [2.75, 3.05) is 29.9 Å². The maximum Gasteiger partial charge on any atom is 0.258 e. The standard InChI is InChI=1S/C24H26N4O3/c1-3-31-24-22(26-20-11-4-5-12-21(20)27-24)28-13-7-9-18(15-28)23(30)25-19-10-6-8-17(14-19)16(2)29/h4-6,8,10-12,14,18H,3,7,9,13,15H2,1-2H3,(H,25,30). The molecule has 0 saturated carbocycles. The fourth-order valence-corrected chi connectivity index (χ4v) is 3.86. The molecule has 7 nitrogen and oxygen atoms in total. The Kier molecular flexibility index (Phi) is 6.11. The van der Waals surface area contributed by atoms with Crippen LogP contribution in [0.3, 0.4) is 0 Å². The first-order valence-corrected chi connectivity index (χ1v) is 10.6. The van der Waals surface area contributed by atoms with Crippen molar-refractivity contribution in [3.05, 3.63) is 54.1 Å². The summed E-state index contributed by atoms with van der Waals surface area (Å²) < 4.78 is 5.78. The molecule has 1 N–H and O–H groups in total. The summed E-state index contributed by atoms with van der Waals surface area (Å²) >= 11 is 0. The predicted molar refractivity (Wildman–Crippen MR) is 121 cm³/mol. The van der Waals surface area contributed by atoms with Gasteiger partial charge in [-0.1, -0.05) is 24.3 Å². The Labute approximate surface area is 181 Å². The molecule has 3 aromatic rings. The van der Waals surface area contributed by atoms with Crippen LogP contribution in [-0.4, -0.2) is 41.4 Å². The summed E-state index contributed by atoms with van der Waals surface area (Å²) in [6.45, 7) is 5.25. The van der Waals surface area contributed by atoms with Gasteiger partial charge in [-0.2, -0.15) is 0 Å². The Morgan fingerprint density at radius 3 is 2.65 bits per heavy atom. The van der Waals surface area contributed by atoms with Crippen molar-refractivity contribution in [3.8, 4) is 5.88 Å². The molecule has 0 bridgehead atoms. The molecule has 1 saturated heterocycles. The van der Waals surface area contributed by atoms with Crippen molar-refractivity contribution in [2.24, 2.45) is 5.92 Å². The molecule has 1 atom stereocenters. The van der Waals surface area contributed by atoms with E-state index in [1.165, 1.54) is 6.92 Å². The molecular formula is C24H26N4O3. The Bertz CT molecular complexity index is 1110. The highest BCUT2D eigenvalue weighted by atomic mass is 16.5. The van der Waals surface area contributed by atoms with E-state index in [0.29, 0.717) is 36.1 Å². The van der Waals surface area contributed by atoms with E-state index in [0.717, 1.165) is 30.4 Å². The van der Waals surface area contributed by atoms with Gasteiger partial charge in [0.2, 0.25) is 5.91 Å². The second kappa shape index (κ2) is 9.12. The van der Waals surface area contributed by atoms with E-state index >= 15 is 0 Å². The Hall–Kier alpha value is -3.48. The first-order valence-electron chi connectivity index (χ1n) is 10.6. The molecule has 7 heteroatoms. The van der Waals surface area contributed by atoms with Gasteiger partial charge >= 0.3 is 0 Å². The number of anilines is 2. The molecular weight excluding hydrogens is 392 g/mol. The predicted octanol–water partition coefficient (Wildman–Crippen LogP) is 4.09. The van der Waals surface area contributed by atoms with E-state index in [1.54, 1.807) is 24.3 Å². The van der Waals surface area contributed by atoms with Crippen LogP contribution in [0.15, 0.2) is 48.5 Å². The van der Waals surface area contributed by atoms with Crippen molar-refractivity contribution in [1.29, 1.82) is 0 Å². The minimum Gasteiger partial charge on any atom is -0.475 e. The number of ether oxygens (including phenoxy) is 1. The van der Waals surface area contributed by atoms with Gasteiger partial charge in [0.1, 0.15) is 0 Å². The summed E-state index contributed by atoms with van der Waals surface area (Å²) in [5.74, 6) is 0.890. The summed E-state index contributed by atoms with van der Waals surface area (Å²) in [5, 5.41) is 2.96. The molecule has 0 aliphatic carbocycles. The van der Waals surface area contributed by atoms with Crippen LogP contribution >= 0.6 is 0 Å². The summed E-state index contributed by atoms with van der Waals surface area (Å²) in [6, 6.07) is 14.7. The molecule has 0 radical (unpaired) electrons. The number of para-hydroxylation sites is 2. The third kappa shape index (κ3) is 4.66. The lowest BCUT2D eigenvalue weighted by Gasteiger charge is -2.33. The maximum absolute atomic E-state index is 13.0. The number of aromatic nitrogens is 2. The zero-order chi connectivity index (χ0) is 21.8. The maximum atomic E-state index is 13.0. The second-order valence-corrected chi connectivity index (χ2v) is 7.69. The number of rotatable bonds is 6. The average molecular weight is 418 g/mol. The lowest BCUT2D eigenvalue weighted by Crippen LogP contribution is -2.41. The molecule has 1 aliphatic heterocycles. The van der Waals surface area contributed by atoms with Crippen LogP contribution in [0, 0.1) is 5.92 Å². The van der Waals surface area contributed by atoms with Crippen LogP contribution in [0.25, 0.3) is 11.0 Å². The zero-order valence-electron chi connectivity index (χ0n) is 17.8. The molecule has 1 fully saturated rings.